The minimum absolute atomic E-state index is 0.219. The Morgan fingerprint density at radius 1 is 1.00 bits per heavy atom. The average Bonchev–Trinajstić information content (AvgIpc) is 3.21. The van der Waals surface area contributed by atoms with E-state index in [9.17, 15) is 13.5 Å². The molecule has 4 N–H and O–H groups in total. The number of nitrogens with one attached hydrogen (secondary N) is 3. The molecule has 2 aromatic carbocycles. The Labute approximate surface area is 214 Å². The Kier molecular flexibility index (Phi) is 7.04. The second kappa shape index (κ2) is 10.4. The van der Waals surface area contributed by atoms with Gasteiger partial charge in [-0.1, -0.05) is 41.7 Å². The topological polar surface area (TPSA) is 129 Å². The van der Waals surface area contributed by atoms with Crippen LogP contribution in [0, 0.1) is 0 Å². The molecule has 0 saturated heterocycles. The van der Waals surface area contributed by atoms with Crippen LogP contribution < -0.4 is 15.4 Å². The Morgan fingerprint density at radius 2 is 1.78 bits per heavy atom. The van der Waals surface area contributed by atoms with Crippen molar-refractivity contribution < 1.29 is 13.5 Å². The highest BCUT2D eigenvalue weighted by molar-refractivity contribution is 7.92. The molecule has 5 rings (SSSR count). The van der Waals surface area contributed by atoms with Crippen molar-refractivity contribution in [2.45, 2.75) is 44.2 Å². The van der Waals surface area contributed by atoms with Gasteiger partial charge in [-0.15, -0.1) is 0 Å². The number of benzene rings is 2. The molecule has 2 heterocycles. The second-order valence-corrected chi connectivity index (χ2v) is 11.9. The number of fused-ring (bicyclic) bond motifs is 1. The lowest BCUT2D eigenvalue weighted by Crippen LogP contribution is -2.29. The summed E-state index contributed by atoms with van der Waals surface area (Å²) < 4.78 is 26.5. The first-order valence-electron chi connectivity index (χ1n) is 11.8. The van der Waals surface area contributed by atoms with Crippen LogP contribution in [-0.4, -0.2) is 46.9 Å². The number of thiazole rings is 1. The molecule has 4 aromatic rings. The molecule has 0 atom stereocenters. The molecule has 0 radical (unpaired) electrons. The molecule has 11 heteroatoms. The molecule has 0 unspecified atom stereocenters. The van der Waals surface area contributed by atoms with Crippen LogP contribution in [0.1, 0.15) is 36.9 Å². The van der Waals surface area contributed by atoms with E-state index in [-0.39, 0.29) is 12.1 Å². The van der Waals surface area contributed by atoms with E-state index in [0.717, 1.165) is 53.4 Å². The Balaban J connectivity index is 1.40. The highest BCUT2D eigenvalue weighted by Gasteiger charge is 2.20. The minimum Gasteiger partial charge on any atom is -0.393 e. The number of anilines is 4. The van der Waals surface area contributed by atoms with Gasteiger partial charge in [-0.25, -0.2) is 18.4 Å². The molecule has 0 bridgehead atoms. The first-order valence-corrected chi connectivity index (χ1v) is 14.5. The van der Waals surface area contributed by atoms with Gasteiger partial charge in [0.2, 0.25) is 16.0 Å². The normalized spacial score (nSPS) is 18.2. The minimum atomic E-state index is -3.36. The van der Waals surface area contributed by atoms with Gasteiger partial charge < -0.3 is 15.7 Å². The molecule has 1 fully saturated rings. The Bertz CT molecular complexity index is 1450. The summed E-state index contributed by atoms with van der Waals surface area (Å²) in [5, 5.41) is 17.2. The zero-order chi connectivity index (χ0) is 25.1. The third-order valence-electron chi connectivity index (χ3n) is 5.96. The fourth-order valence-corrected chi connectivity index (χ4v) is 5.76. The quantitative estimate of drug-likeness (QED) is 0.265. The van der Waals surface area contributed by atoms with E-state index >= 15 is 0 Å². The van der Waals surface area contributed by atoms with E-state index in [0.29, 0.717) is 29.0 Å². The van der Waals surface area contributed by atoms with Gasteiger partial charge in [0.15, 0.2) is 5.13 Å². The van der Waals surface area contributed by atoms with Gasteiger partial charge in [0.05, 0.1) is 34.0 Å². The monoisotopic (exact) mass is 524 g/mol. The Hall–Kier alpha value is -3.28. The summed E-state index contributed by atoms with van der Waals surface area (Å²) in [6.07, 6.45) is 4.85. The lowest BCUT2D eigenvalue weighted by Gasteiger charge is -2.26. The lowest BCUT2D eigenvalue weighted by atomic mass is 9.93. The molecule has 36 heavy (non-hydrogen) atoms. The van der Waals surface area contributed by atoms with Crippen molar-refractivity contribution in [3.05, 3.63) is 65.9 Å². The van der Waals surface area contributed by atoms with Gasteiger partial charge >= 0.3 is 0 Å². The van der Waals surface area contributed by atoms with Crippen LogP contribution in [0.3, 0.4) is 0 Å². The maximum atomic E-state index is 11.6. The van der Waals surface area contributed by atoms with Gasteiger partial charge in [0, 0.05) is 18.5 Å². The van der Waals surface area contributed by atoms with Crippen LogP contribution in [-0.2, 0) is 16.4 Å². The van der Waals surface area contributed by atoms with E-state index < -0.39 is 10.0 Å². The first kappa shape index (κ1) is 24.4. The van der Waals surface area contributed by atoms with Crippen molar-refractivity contribution >= 4 is 54.2 Å². The third-order valence-corrected chi connectivity index (χ3v) is 7.50. The maximum absolute atomic E-state index is 11.6. The first-order chi connectivity index (χ1) is 17.3. The van der Waals surface area contributed by atoms with E-state index in [1.54, 1.807) is 18.2 Å². The number of rotatable bonds is 8. The van der Waals surface area contributed by atoms with Crippen LogP contribution in [0.4, 0.5) is 22.6 Å². The van der Waals surface area contributed by atoms with E-state index in [1.807, 2.05) is 24.3 Å². The molecule has 1 saturated carbocycles. The SMILES string of the molecule is CS(=O)(=O)Nc1ccc2nc(Nc3cc(Cc4ccccc4)nc(NC4CCC(O)CC4)n3)sc2c1. The molecule has 188 valence electrons. The van der Waals surface area contributed by atoms with Crippen molar-refractivity contribution in [3.8, 4) is 0 Å². The number of aliphatic hydroxyl groups is 1. The summed E-state index contributed by atoms with van der Waals surface area (Å²) in [4.78, 5) is 14.1. The van der Waals surface area contributed by atoms with Gasteiger partial charge in [-0.2, -0.15) is 4.98 Å². The standard InChI is InChI=1S/C25H28N6O3S2/c1-36(33,34)31-18-9-12-21-22(14-18)35-25(28-21)30-23-15-19(13-16-5-3-2-4-6-16)27-24(29-23)26-17-7-10-20(32)11-8-17/h2-6,9,12,14-15,17,20,31-32H,7-8,10-11,13H2,1H3,(H2,26,27,28,29,30). The number of nitrogens with zero attached hydrogens (tertiary/aromatic N) is 3. The summed E-state index contributed by atoms with van der Waals surface area (Å²) in [5.74, 6) is 1.18. The van der Waals surface area contributed by atoms with Crippen LogP contribution in [0.25, 0.3) is 10.2 Å². The Morgan fingerprint density at radius 3 is 2.53 bits per heavy atom. The zero-order valence-corrected chi connectivity index (χ0v) is 21.4. The van der Waals surface area contributed by atoms with E-state index in [1.165, 1.54) is 11.3 Å². The zero-order valence-electron chi connectivity index (χ0n) is 19.8. The molecule has 0 amide bonds. The summed E-state index contributed by atoms with van der Waals surface area (Å²) in [7, 11) is -3.36. The van der Waals surface area contributed by atoms with Crippen molar-refractivity contribution in [1.29, 1.82) is 0 Å². The molecule has 2 aromatic heterocycles. The third kappa shape index (κ3) is 6.48. The van der Waals surface area contributed by atoms with E-state index in [4.69, 9.17) is 9.97 Å². The highest BCUT2D eigenvalue weighted by atomic mass is 32.2. The van der Waals surface area contributed by atoms with E-state index in [2.05, 4.69) is 32.5 Å². The maximum Gasteiger partial charge on any atom is 0.229 e. The predicted octanol–water partition coefficient (Wildman–Crippen LogP) is 4.51. The predicted molar refractivity (Wildman–Crippen MR) is 145 cm³/mol. The van der Waals surface area contributed by atoms with Crippen molar-refractivity contribution in [2.24, 2.45) is 0 Å². The number of aromatic nitrogens is 3. The van der Waals surface area contributed by atoms with Crippen molar-refractivity contribution in [1.82, 2.24) is 15.0 Å². The molecular weight excluding hydrogens is 496 g/mol. The number of aliphatic hydroxyl groups excluding tert-OH is 1. The highest BCUT2D eigenvalue weighted by Crippen LogP contribution is 2.31. The largest absolute Gasteiger partial charge is 0.393 e. The summed E-state index contributed by atoms with van der Waals surface area (Å²) >= 11 is 1.42. The number of sulfonamides is 1. The smallest absolute Gasteiger partial charge is 0.229 e. The van der Waals surface area contributed by atoms with Crippen molar-refractivity contribution in [3.63, 3.8) is 0 Å². The van der Waals surface area contributed by atoms with Crippen LogP contribution >= 0.6 is 11.3 Å². The summed E-state index contributed by atoms with van der Waals surface area (Å²) in [6, 6.07) is 17.5. The summed E-state index contributed by atoms with van der Waals surface area (Å²) in [5.41, 5.74) is 3.29. The van der Waals surface area contributed by atoms with Crippen LogP contribution in [0.2, 0.25) is 0 Å². The lowest BCUT2D eigenvalue weighted by molar-refractivity contribution is 0.126. The van der Waals surface area contributed by atoms with Gasteiger partial charge in [0.25, 0.3) is 0 Å². The fourth-order valence-electron chi connectivity index (χ4n) is 4.29. The second-order valence-electron chi connectivity index (χ2n) is 9.08. The molecule has 9 nitrogen and oxygen atoms in total. The van der Waals surface area contributed by atoms with Crippen molar-refractivity contribution in [2.75, 3.05) is 21.6 Å². The number of hydrogen-bond acceptors (Lipinski definition) is 9. The molecule has 1 aliphatic carbocycles. The number of hydrogen-bond donors (Lipinski definition) is 4. The molecule has 0 spiro atoms. The van der Waals surface area contributed by atoms with Crippen LogP contribution in [0.5, 0.6) is 0 Å². The van der Waals surface area contributed by atoms with Gasteiger partial charge in [-0.05, 0) is 49.4 Å². The van der Waals surface area contributed by atoms with Gasteiger partial charge in [0.1, 0.15) is 5.82 Å². The fraction of sp³-hybridized carbons (Fsp3) is 0.320. The molecular formula is C25H28N6O3S2. The molecule has 1 aliphatic rings. The van der Waals surface area contributed by atoms with Gasteiger partial charge in [-0.3, -0.25) is 4.72 Å². The summed E-state index contributed by atoms with van der Waals surface area (Å²) in [6.45, 7) is 0. The van der Waals surface area contributed by atoms with Crippen LogP contribution in [0.15, 0.2) is 54.6 Å². The average molecular weight is 525 g/mol. The molecule has 0 aliphatic heterocycles.